The Hall–Kier alpha value is -2.24. The summed E-state index contributed by atoms with van der Waals surface area (Å²) in [5.41, 5.74) is 1.64. The normalized spacial score (nSPS) is 17.1. The molecule has 1 saturated heterocycles. The first-order chi connectivity index (χ1) is 12.2. The molecule has 25 heavy (non-hydrogen) atoms. The smallest absolute Gasteiger partial charge is 0.264 e. The fourth-order valence-corrected chi connectivity index (χ4v) is 3.27. The lowest BCUT2D eigenvalue weighted by atomic mass is 10.2. The lowest BCUT2D eigenvalue weighted by Crippen LogP contribution is -2.19. The third-order valence-electron chi connectivity index (χ3n) is 3.35. The fraction of sp³-hybridized carbons (Fsp3) is 0.158. The highest BCUT2D eigenvalue weighted by molar-refractivity contribution is 8.18. The Morgan fingerprint density at radius 2 is 2.04 bits per heavy atom. The van der Waals surface area contributed by atoms with Gasteiger partial charge in [0.2, 0.25) is 0 Å². The zero-order chi connectivity index (χ0) is 17.6. The van der Waals surface area contributed by atoms with Crippen LogP contribution in [0.4, 0.5) is 5.69 Å². The molecule has 0 radical (unpaired) electrons. The van der Waals surface area contributed by atoms with E-state index in [1.54, 1.807) is 12.1 Å². The Morgan fingerprint density at radius 3 is 2.76 bits per heavy atom. The van der Waals surface area contributed by atoms with Crippen LogP contribution in [0.2, 0.25) is 5.02 Å². The summed E-state index contributed by atoms with van der Waals surface area (Å²) >= 11 is 7.55. The van der Waals surface area contributed by atoms with Crippen LogP contribution in [0.1, 0.15) is 18.9 Å². The number of nitrogens with one attached hydrogen (secondary N) is 1. The molecule has 1 fully saturated rings. The molecule has 2 aromatic rings. The van der Waals surface area contributed by atoms with Gasteiger partial charge in [-0.05, 0) is 54.1 Å². The summed E-state index contributed by atoms with van der Waals surface area (Å²) in [7, 11) is 0. The molecule has 4 nitrogen and oxygen atoms in total. The number of amides is 1. The van der Waals surface area contributed by atoms with Gasteiger partial charge in [-0.25, -0.2) is 4.99 Å². The van der Waals surface area contributed by atoms with Crippen LogP contribution < -0.4 is 10.1 Å². The molecule has 3 rings (SSSR count). The highest BCUT2D eigenvalue weighted by Crippen LogP contribution is 2.31. The minimum Gasteiger partial charge on any atom is -0.492 e. The Kier molecular flexibility index (Phi) is 5.79. The Balaban J connectivity index is 1.76. The van der Waals surface area contributed by atoms with Gasteiger partial charge in [0, 0.05) is 0 Å². The Bertz CT molecular complexity index is 835. The molecule has 2 aromatic carbocycles. The van der Waals surface area contributed by atoms with Crippen molar-refractivity contribution in [2.45, 2.75) is 13.3 Å². The van der Waals surface area contributed by atoms with Crippen LogP contribution in [0, 0.1) is 0 Å². The monoisotopic (exact) mass is 372 g/mol. The molecule has 128 valence electrons. The molecular weight excluding hydrogens is 356 g/mol. The van der Waals surface area contributed by atoms with Crippen LogP contribution in [0.3, 0.4) is 0 Å². The van der Waals surface area contributed by atoms with E-state index in [0.29, 0.717) is 27.5 Å². The Labute approximate surface area is 155 Å². The largest absolute Gasteiger partial charge is 0.492 e. The lowest BCUT2D eigenvalue weighted by Gasteiger charge is -2.07. The SMILES string of the molecule is CCCOc1ccc(/C=C2\SC(=Nc3ccccc3)NC2=O)cc1Cl. The summed E-state index contributed by atoms with van der Waals surface area (Å²) in [5, 5.41) is 3.87. The second kappa shape index (κ2) is 8.23. The molecular formula is C19H17ClN2O2S. The number of aliphatic imine (C=N–C) groups is 1. The summed E-state index contributed by atoms with van der Waals surface area (Å²) < 4.78 is 5.56. The van der Waals surface area contributed by atoms with Gasteiger partial charge in [-0.1, -0.05) is 42.8 Å². The number of thioether (sulfide) groups is 1. The topological polar surface area (TPSA) is 50.7 Å². The zero-order valence-electron chi connectivity index (χ0n) is 13.7. The van der Waals surface area contributed by atoms with Crippen molar-refractivity contribution in [2.75, 3.05) is 6.61 Å². The van der Waals surface area contributed by atoms with Crippen molar-refractivity contribution in [2.24, 2.45) is 4.99 Å². The first-order valence-corrected chi connectivity index (χ1v) is 9.12. The van der Waals surface area contributed by atoms with Gasteiger partial charge in [0.1, 0.15) is 5.75 Å². The minimum atomic E-state index is -0.165. The number of halogens is 1. The molecule has 0 saturated carbocycles. The number of benzene rings is 2. The maximum absolute atomic E-state index is 12.1. The maximum Gasteiger partial charge on any atom is 0.264 e. The molecule has 6 heteroatoms. The average molecular weight is 373 g/mol. The van der Waals surface area contributed by atoms with Crippen molar-refractivity contribution in [1.29, 1.82) is 0 Å². The second-order valence-corrected chi connectivity index (χ2v) is 6.79. The number of carbonyl (C=O) groups is 1. The molecule has 1 amide bonds. The highest BCUT2D eigenvalue weighted by atomic mass is 35.5. The molecule has 1 aliphatic heterocycles. The average Bonchev–Trinajstić information content (AvgIpc) is 2.94. The van der Waals surface area contributed by atoms with Crippen molar-refractivity contribution in [3.63, 3.8) is 0 Å². The van der Waals surface area contributed by atoms with Crippen LogP contribution in [-0.4, -0.2) is 17.7 Å². The summed E-state index contributed by atoms with van der Waals surface area (Å²) in [6.45, 7) is 2.66. The van der Waals surface area contributed by atoms with Gasteiger partial charge in [-0.2, -0.15) is 0 Å². The molecule has 0 aromatic heterocycles. The van der Waals surface area contributed by atoms with E-state index in [9.17, 15) is 4.79 Å². The van der Waals surface area contributed by atoms with Gasteiger partial charge < -0.3 is 10.1 Å². The van der Waals surface area contributed by atoms with Crippen molar-refractivity contribution in [3.8, 4) is 5.75 Å². The minimum absolute atomic E-state index is 0.165. The number of nitrogens with zero attached hydrogens (tertiary/aromatic N) is 1. The molecule has 1 N–H and O–H groups in total. The van der Waals surface area contributed by atoms with Gasteiger partial charge in [-0.3, -0.25) is 4.79 Å². The first kappa shape index (κ1) is 17.6. The van der Waals surface area contributed by atoms with Crippen LogP contribution in [0.15, 0.2) is 58.4 Å². The molecule has 0 aliphatic carbocycles. The summed E-state index contributed by atoms with van der Waals surface area (Å²) in [5.74, 6) is 0.489. The van der Waals surface area contributed by atoms with E-state index in [4.69, 9.17) is 16.3 Å². The number of para-hydroxylation sites is 1. The van der Waals surface area contributed by atoms with Crippen molar-refractivity contribution >= 4 is 46.2 Å². The predicted molar refractivity (Wildman–Crippen MR) is 104 cm³/mol. The van der Waals surface area contributed by atoms with E-state index in [1.165, 1.54) is 11.8 Å². The van der Waals surface area contributed by atoms with Crippen LogP contribution in [0.25, 0.3) is 6.08 Å². The van der Waals surface area contributed by atoms with Crippen molar-refractivity contribution in [1.82, 2.24) is 5.32 Å². The van der Waals surface area contributed by atoms with Gasteiger partial charge in [0.15, 0.2) is 5.17 Å². The highest BCUT2D eigenvalue weighted by Gasteiger charge is 2.23. The third kappa shape index (κ3) is 4.65. The molecule has 0 atom stereocenters. The first-order valence-electron chi connectivity index (χ1n) is 7.92. The van der Waals surface area contributed by atoms with E-state index >= 15 is 0 Å². The van der Waals surface area contributed by atoms with E-state index in [0.717, 1.165) is 17.7 Å². The van der Waals surface area contributed by atoms with Gasteiger partial charge in [0.25, 0.3) is 5.91 Å². The molecule has 1 heterocycles. The van der Waals surface area contributed by atoms with Gasteiger partial charge in [-0.15, -0.1) is 0 Å². The Morgan fingerprint density at radius 1 is 1.24 bits per heavy atom. The van der Waals surface area contributed by atoms with E-state index in [1.807, 2.05) is 49.4 Å². The van der Waals surface area contributed by atoms with E-state index in [2.05, 4.69) is 10.3 Å². The zero-order valence-corrected chi connectivity index (χ0v) is 15.2. The quantitative estimate of drug-likeness (QED) is 0.749. The summed E-state index contributed by atoms with van der Waals surface area (Å²) in [6, 6.07) is 15.0. The maximum atomic E-state index is 12.1. The van der Waals surface area contributed by atoms with E-state index in [-0.39, 0.29) is 5.91 Å². The van der Waals surface area contributed by atoms with Gasteiger partial charge >= 0.3 is 0 Å². The number of hydrogen-bond donors (Lipinski definition) is 1. The molecule has 1 aliphatic rings. The molecule has 0 spiro atoms. The number of amidine groups is 1. The number of rotatable bonds is 5. The summed E-state index contributed by atoms with van der Waals surface area (Å²) in [6.07, 6.45) is 2.71. The number of hydrogen-bond acceptors (Lipinski definition) is 4. The number of carbonyl (C=O) groups excluding carboxylic acids is 1. The fourth-order valence-electron chi connectivity index (χ4n) is 2.19. The standard InChI is InChI=1S/C19H17ClN2O2S/c1-2-10-24-16-9-8-13(11-15(16)20)12-17-18(23)22-19(25-17)21-14-6-4-3-5-7-14/h3-9,11-12H,2,10H2,1H3,(H,21,22,23)/b17-12-. The molecule has 0 unspecified atom stereocenters. The van der Waals surface area contributed by atoms with Crippen LogP contribution >= 0.6 is 23.4 Å². The number of ether oxygens (including phenoxy) is 1. The van der Waals surface area contributed by atoms with Crippen molar-refractivity contribution in [3.05, 3.63) is 64.0 Å². The second-order valence-electron chi connectivity index (χ2n) is 5.36. The van der Waals surface area contributed by atoms with Gasteiger partial charge in [0.05, 0.1) is 22.2 Å². The lowest BCUT2D eigenvalue weighted by molar-refractivity contribution is -0.115. The van der Waals surface area contributed by atoms with Crippen molar-refractivity contribution < 1.29 is 9.53 Å². The van der Waals surface area contributed by atoms with Crippen LogP contribution in [-0.2, 0) is 4.79 Å². The summed E-state index contributed by atoms with van der Waals surface area (Å²) in [4.78, 5) is 17.1. The van der Waals surface area contributed by atoms with E-state index < -0.39 is 0 Å². The van der Waals surface area contributed by atoms with Crippen LogP contribution in [0.5, 0.6) is 5.75 Å². The predicted octanol–water partition coefficient (Wildman–Crippen LogP) is 5.02. The molecule has 0 bridgehead atoms. The third-order valence-corrected chi connectivity index (χ3v) is 4.56.